The van der Waals surface area contributed by atoms with Crippen molar-refractivity contribution in [1.82, 2.24) is 4.90 Å². The summed E-state index contributed by atoms with van der Waals surface area (Å²) in [5, 5.41) is 8.55. The molecule has 1 rings (SSSR count). The fraction of sp³-hybridized carbons (Fsp3) is 0.909. The second-order valence-corrected chi connectivity index (χ2v) is 5.23. The Hall–Kier alpha value is -0.550. The van der Waals surface area contributed by atoms with Gasteiger partial charge in [-0.1, -0.05) is 20.8 Å². The Bertz CT molecular complexity index is 203. The summed E-state index contributed by atoms with van der Waals surface area (Å²) in [4.78, 5) is 2.40. The van der Waals surface area contributed by atoms with Crippen LogP contribution in [0.3, 0.4) is 0 Å². The highest BCUT2D eigenvalue weighted by Crippen LogP contribution is 2.34. The Kier molecular flexibility index (Phi) is 2.98. The van der Waals surface area contributed by atoms with Crippen LogP contribution in [0.15, 0.2) is 0 Å². The Morgan fingerprint density at radius 3 is 2.38 bits per heavy atom. The average molecular weight is 180 g/mol. The third kappa shape index (κ3) is 2.45. The van der Waals surface area contributed by atoms with E-state index in [0.29, 0.717) is 17.9 Å². The normalized spacial score (nSPS) is 22.1. The molecule has 74 valence electrons. The van der Waals surface area contributed by atoms with Crippen molar-refractivity contribution in [3.63, 3.8) is 0 Å². The quantitative estimate of drug-likeness (QED) is 0.652. The van der Waals surface area contributed by atoms with E-state index in [1.165, 1.54) is 13.1 Å². The number of nitrogens with zero attached hydrogens (tertiary/aromatic N) is 2. The van der Waals surface area contributed by atoms with E-state index in [1.54, 1.807) is 0 Å². The number of nitriles is 1. The van der Waals surface area contributed by atoms with Crippen LogP contribution < -0.4 is 0 Å². The van der Waals surface area contributed by atoms with E-state index < -0.39 is 0 Å². The summed E-state index contributed by atoms with van der Waals surface area (Å²) in [5.41, 5.74) is 0.433. The first-order valence-corrected chi connectivity index (χ1v) is 5.06. The molecule has 0 amide bonds. The molecule has 1 aliphatic rings. The van der Waals surface area contributed by atoms with E-state index in [4.69, 9.17) is 5.26 Å². The molecule has 0 bridgehead atoms. The van der Waals surface area contributed by atoms with Crippen molar-refractivity contribution in [3.8, 4) is 6.07 Å². The molecule has 0 aromatic carbocycles. The smallest absolute Gasteiger partial charge is 0.0638 e. The molecule has 1 heterocycles. The number of hydrogen-bond acceptors (Lipinski definition) is 2. The lowest BCUT2D eigenvalue weighted by Gasteiger charge is -2.48. The third-order valence-corrected chi connectivity index (χ3v) is 3.14. The lowest BCUT2D eigenvalue weighted by molar-refractivity contribution is -0.000576. The van der Waals surface area contributed by atoms with Gasteiger partial charge in [0.2, 0.25) is 0 Å². The van der Waals surface area contributed by atoms with Gasteiger partial charge in [0.1, 0.15) is 0 Å². The highest BCUT2D eigenvalue weighted by molar-refractivity contribution is 4.92. The summed E-state index contributed by atoms with van der Waals surface area (Å²) in [6.07, 6.45) is 0.664. The topological polar surface area (TPSA) is 27.0 Å². The van der Waals surface area contributed by atoms with Crippen LogP contribution in [-0.2, 0) is 0 Å². The zero-order valence-corrected chi connectivity index (χ0v) is 9.17. The summed E-state index contributed by atoms with van der Waals surface area (Å²) in [5.74, 6) is 0.814. The monoisotopic (exact) mass is 180 g/mol. The minimum absolute atomic E-state index is 0.433. The standard InChI is InChI=1S/C11H20N2/c1-9(5-6-12)13-7-10(8-13)11(2,3)4/h9-10H,5,7-8H2,1-4H3. The molecule has 2 nitrogen and oxygen atoms in total. The van der Waals surface area contributed by atoms with Crippen molar-refractivity contribution in [2.45, 2.75) is 40.2 Å². The van der Waals surface area contributed by atoms with Gasteiger partial charge in [0.25, 0.3) is 0 Å². The molecular weight excluding hydrogens is 160 g/mol. The second-order valence-electron chi connectivity index (χ2n) is 5.23. The molecule has 1 fully saturated rings. The van der Waals surface area contributed by atoms with Crippen molar-refractivity contribution in [2.75, 3.05) is 13.1 Å². The molecule has 0 aliphatic carbocycles. The van der Waals surface area contributed by atoms with Crippen molar-refractivity contribution in [1.29, 1.82) is 5.26 Å². The van der Waals surface area contributed by atoms with Gasteiger partial charge in [-0.25, -0.2) is 0 Å². The maximum atomic E-state index is 8.55. The predicted octanol–water partition coefficient (Wildman–Crippen LogP) is 2.27. The van der Waals surface area contributed by atoms with Gasteiger partial charge in [-0.05, 0) is 18.3 Å². The van der Waals surface area contributed by atoms with E-state index in [1.807, 2.05) is 0 Å². The Morgan fingerprint density at radius 1 is 1.46 bits per heavy atom. The number of hydrogen-bond donors (Lipinski definition) is 0. The first-order valence-electron chi connectivity index (χ1n) is 5.06. The van der Waals surface area contributed by atoms with Crippen LogP contribution in [0.2, 0.25) is 0 Å². The molecule has 0 radical (unpaired) electrons. The zero-order chi connectivity index (χ0) is 10.1. The van der Waals surface area contributed by atoms with Gasteiger partial charge in [-0.15, -0.1) is 0 Å². The van der Waals surface area contributed by atoms with E-state index in [2.05, 4.69) is 38.7 Å². The summed E-state index contributed by atoms with van der Waals surface area (Å²) in [6.45, 7) is 11.4. The average Bonchev–Trinajstić information content (AvgIpc) is 1.79. The third-order valence-electron chi connectivity index (χ3n) is 3.14. The number of likely N-dealkylation sites (tertiary alicyclic amines) is 1. The maximum absolute atomic E-state index is 8.55. The summed E-state index contributed by atoms with van der Waals surface area (Å²) < 4.78 is 0. The first-order chi connectivity index (χ1) is 5.95. The van der Waals surface area contributed by atoms with E-state index in [-0.39, 0.29) is 0 Å². The van der Waals surface area contributed by atoms with Crippen molar-refractivity contribution >= 4 is 0 Å². The van der Waals surface area contributed by atoms with Crippen molar-refractivity contribution in [2.24, 2.45) is 11.3 Å². The van der Waals surface area contributed by atoms with Crippen LogP contribution in [0.5, 0.6) is 0 Å². The molecule has 0 saturated carbocycles. The molecule has 13 heavy (non-hydrogen) atoms. The van der Waals surface area contributed by atoms with Gasteiger partial charge >= 0.3 is 0 Å². The Morgan fingerprint density at radius 2 is 2.00 bits per heavy atom. The van der Waals surface area contributed by atoms with Crippen LogP contribution in [-0.4, -0.2) is 24.0 Å². The molecule has 1 unspecified atom stereocenters. The number of rotatable bonds is 2. The predicted molar refractivity (Wildman–Crippen MR) is 54.2 cm³/mol. The maximum Gasteiger partial charge on any atom is 0.0638 e. The zero-order valence-electron chi connectivity index (χ0n) is 9.17. The fourth-order valence-corrected chi connectivity index (χ4v) is 1.68. The first kappa shape index (κ1) is 10.5. The molecule has 0 spiro atoms. The van der Waals surface area contributed by atoms with Gasteiger partial charge < -0.3 is 0 Å². The molecule has 0 aromatic heterocycles. The SMILES string of the molecule is CC(CC#N)N1CC(C(C)(C)C)C1. The summed E-state index contributed by atoms with van der Waals surface area (Å²) >= 11 is 0. The molecular formula is C11H20N2. The fourth-order valence-electron chi connectivity index (χ4n) is 1.68. The highest BCUT2D eigenvalue weighted by Gasteiger charge is 2.37. The summed E-state index contributed by atoms with van der Waals surface area (Å²) in [7, 11) is 0. The van der Waals surface area contributed by atoms with Crippen LogP contribution in [0, 0.1) is 22.7 Å². The lowest BCUT2D eigenvalue weighted by atomic mass is 9.75. The second kappa shape index (κ2) is 3.67. The van der Waals surface area contributed by atoms with E-state index in [9.17, 15) is 0 Å². The molecule has 0 N–H and O–H groups in total. The van der Waals surface area contributed by atoms with Gasteiger partial charge in [0.05, 0.1) is 12.5 Å². The minimum Gasteiger partial charge on any atom is -0.299 e. The highest BCUT2D eigenvalue weighted by atomic mass is 15.2. The molecule has 0 aromatic rings. The van der Waals surface area contributed by atoms with Crippen LogP contribution in [0.4, 0.5) is 0 Å². The van der Waals surface area contributed by atoms with Crippen molar-refractivity contribution in [3.05, 3.63) is 0 Å². The van der Waals surface area contributed by atoms with Crippen LogP contribution in [0.25, 0.3) is 0 Å². The van der Waals surface area contributed by atoms with E-state index >= 15 is 0 Å². The largest absolute Gasteiger partial charge is 0.299 e. The van der Waals surface area contributed by atoms with E-state index in [0.717, 1.165) is 5.92 Å². The van der Waals surface area contributed by atoms with Gasteiger partial charge in [0, 0.05) is 19.1 Å². The van der Waals surface area contributed by atoms with Gasteiger partial charge in [-0.3, -0.25) is 4.90 Å². The van der Waals surface area contributed by atoms with Crippen LogP contribution in [0.1, 0.15) is 34.1 Å². The summed E-state index contributed by atoms with van der Waals surface area (Å²) in [6, 6.07) is 2.68. The molecule has 1 saturated heterocycles. The Labute approximate surface area is 81.5 Å². The molecule has 1 atom stereocenters. The minimum atomic E-state index is 0.433. The van der Waals surface area contributed by atoms with Crippen LogP contribution >= 0.6 is 0 Å². The molecule has 1 aliphatic heterocycles. The van der Waals surface area contributed by atoms with Gasteiger partial charge in [0.15, 0.2) is 0 Å². The lowest BCUT2D eigenvalue weighted by Crippen LogP contribution is -2.55. The molecule has 2 heteroatoms. The van der Waals surface area contributed by atoms with Crippen molar-refractivity contribution < 1.29 is 0 Å². The van der Waals surface area contributed by atoms with Gasteiger partial charge in [-0.2, -0.15) is 5.26 Å². The Balaban J connectivity index is 2.30.